The Labute approximate surface area is 102 Å². The van der Waals surface area contributed by atoms with Crippen LogP contribution in [0.15, 0.2) is 24.5 Å². The molecule has 1 heterocycles. The van der Waals surface area contributed by atoms with Crippen molar-refractivity contribution in [3.63, 3.8) is 0 Å². The number of nitrogens with zero attached hydrogens (tertiary/aromatic N) is 1. The minimum Gasteiger partial charge on any atom is -0.271 e. The second-order valence-electron chi connectivity index (χ2n) is 4.20. The van der Waals surface area contributed by atoms with E-state index in [-0.39, 0.29) is 11.8 Å². The van der Waals surface area contributed by atoms with Gasteiger partial charge in [0.1, 0.15) is 9.84 Å². The summed E-state index contributed by atoms with van der Waals surface area (Å²) in [5.74, 6) is 5.66. The van der Waals surface area contributed by atoms with Gasteiger partial charge in [-0.05, 0) is 30.9 Å². The van der Waals surface area contributed by atoms with Crippen LogP contribution in [0.25, 0.3) is 0 Å². The van der Waals surface area contributed by atoms with Gasteiger partial charge in [0, 0.05) is 30.4 Å². The van der Waals surface area contributed by atoms with E-state index in [9.17, 15) is 8.42 Å². The summed E-state index contributed by atoms with van der Waals surface area (Å²) in [5.41, 5.74) is 3.81. The molecule has 3 N–H and O–H groups in total. The van der Waals surface area contributed by atoms with Gasteiger partial charge in [-0.3, -0.25) is 16.3 Å². The smallest absolute Gasteiger partial charge is 0.147 e. The third-order valence-electron chi connectivity index (χ3n) is 2.51. The summed E-state index contributed by atoms with van der Waals surface area (Å²) >= 11 is 0. The van der Waals surface area contributed by atoms with Crippen molar-refractivity contribution < 1.29 is 8.42 Å². The molecule has 1 aromatic rings. The standard InChI is InChI=1S/C11H19N3O2S/c1-17(15,16)7-3-5-11(14-12)8-10-4-2-6-13-9-10/h2,4,6,9,11,14H,3,5,7-8,12H2,1H3. The molecule has 0 saturated carbocycles. The summed E-state index contributed by atoms with van der Waals surface area (Å²) in [4.78, 5) is 4.03. The van der Waals surface area contributed by atoms with Crippen LogP contribution in [0.1, 0.15) is 18.4 Å². The molecule has 1 rings (SSSR count). The van der Waals surface area contributed by atoms with Crippen molar-refractivity contribution in [1.29, 1.82) is 0 Å². The number of hydrogen-bond donors (Lipinski definition) is 2. The third-order valence-corrected chi connectivity index (χ3v) is 3.54. The molecule has 0 aliphatic rings. The lowest BCUT2D eigenvalue weighted by molar-refractivity contribution is 0.484. The number of nitrogens with one attached hydrogen (secondary N) is 1. The first kappa shape index (κ1) is 14.1. The Hall–Kier alpha value is -0.980. The predicted molar refractivity (Wildman–Crippen MR) is 68.0 cm³/mol. The van der Waals surface area contributed by atoms with Crippen LogP contribution in [0.4, 0.5) is 0 Å². The maximum Gasteiger partial charge on any atom is 0.147 e. The molecule has 5 nitrogen and oxygen atoms in total. The van der Waals surface area contributed by atoms with Gasteiger partial charge in [-0.1, -0.05) is 6.07 Å². The fraction of sp³-hybridized carbons (Fsp3) is 0.545. The average molecular weight is 257 g/mol. The zero-order valence-electron chi connectivity index (χ0n) is 9.96. The van der Waals surface area contributed by atoms with E-state index in [1.165, 1.54) is 6.26 Å². The van der Waals surface area contributed by atoms with E-state index in [4.69, 9.17) is 5.84 Å². The van der Waals surface area contributed by atoms with Crippen molar-refractivity contribution in [2.24, 2.45) is 5.84 Å². The minimum atomic E-state index is -2.88. The van der Waals surface area contributed by atoms with E-state index in [0.717, 1.165) is 18.4 Å². The number of aromatic nitrogens is 1. The average Bonchev–Trinajstić information content (AvgIpc) is 2.27. The van der Waals surface area contributed by atoms with Gasteiger partial charge in [0.25, 0.3) is 0 Å². The summed E-state index contributed by atoms with van der Waals surface area (Å²) < 4.78 is 22.0. The molecule has 0 spiro atoms. The van der Waals surface area contributed by atoms with Gasteiger partial charge < -0.3 is 0 Å². The van der Waals surface area contributed by atoms with Crippen LogP contribution >= 0.6 is 0 Å². The van der Waals surface area contributed by atoms with E-state index < -0.39 is 9.84 Å². The molecule has 96 valence electrons. The van der Waals surface area contributed by atoms with Crippen LogP contribution in [-0.2, 0) is 16.3 Å². The lowest BCUT2D eigenvalue weighted by atomic mass is 10.0. The number of nitrogens with two attached hydrogens (primary N) is 1. The molecular formula is C11H19N3O2S. The van der Waals surface area contributed by atoms with Crippen molar-refractivity contribution in [1.82, 2.24) is 10.4 Å². The molecule has 0 fully saturated rings. The number of hydrazine groups is 1. The summed E-state index contributed by atoms with van der Waals surface area (Å²) in [6.45, 7) is 0. The van der Waals surface area contributed by atoms with Crippen molar-refractivity contribution in [3.05, 3.63) is 30.1 Å². The van der Waals surface area contributed by atoms with Crippen LogP contribution in [0.2, 0.25) is 0 Å². The molecule has 0 aliphatic carbocycles. The quantitative estimate of drug-likeness (QED) is 0.541. The normalized spacial score (nSPS) is 13.5. The van der Waals surface area contributed by atoms with Crippen LogP contribution in [0.3, 0.4) is 0 Å². The van der Waals surface area contributed by atoms with E-state index >= 15 is 0 Å². The van der Waals surface area contributed by atoms with Gasteiger partial charge in [0.05, 0.1) is 0 Å². The van der Waals surface area contributed by atoms with Crippen LogP contribution < -0.4 is 11.3 Å². The molecule has 0 bridgehead atoms. The fourth-order valence-electron chi connectivity index (χ4n) is 1.64. The van der Waals surface area contributed by atoms with E-state index in [0.29, 0.717) is 6.42 Å². The molecule has 0 aliphatic heterocycles. The zero-order chi connectivity index (χ0) is 12.7. The van der Waals surface area contributed by atoms with Crippen molar-refractivity contribution in [2.75, 3.05) is 12.0 Å². The molecule has 0 amide bonds. The Morgan fingerprint density at radius 3 is 2.82 bits per heavy atom. The SMILES string of the molecule is CS(=O)(=O)CCCC(Cc1cccnc1)NN. The van der Waals surface area contributed by atoms with Crippen LogP contribution in [-0.4, -0.2) is 31.5 Å². The fourth-order valence-corrected chi connectivity index (χ4v) is 2.33. The van der Waals surface area contributed by atoms with E-state index in [1.54, 1.807) is 12.4 Å². The lowest BCUT2D eigenvalue weighted by Crippen LogP contribution is -2.37. The minimum absolute atomic E-state index is 0.0842. The van der Waals surface area contributed by atoms with Crippen LogP contribution in [0, 0.1) is 0 Å². The van der Waals surface area contributed by atoms with Gasteiger partial charge in [-0.15, -0.1) is 0 Å². The first-order valence-corrected chi connectivity index (χ1v) is 7.60. The molecular weight excluding hydrogens is 238 g/mol. The third kappa shape index (κ3) is 6.35. The maximum atomic E-state index is 11.0. The highest BCUT2D eigenvalue weighted by atomic mass is 32.2. The van der Waals surface area contributed by atoms with E-state index in [2.05, 4.69) is 10.4 Å². The van der Waals surface area contributed by atoms with Gasteiger partial charge in [0.15, 0.2) is 0 Å². The number of sulfone groups is 1. The Balaban J connectivity index is 2.39. The second-order valence-corrected chi connectivity index (χ2v) is 6.46. The first-order valence-electron chi connectivity index (χ1n) is 5.54. The monoisotopic (exact) mass is 257 g/mol. The number of pyridine rings is 1. The van der Waals surface area contributed by atoms with Gasteiger partial charge >= 0.3 is 0 Å². The van der Waals surface area contributed by atoms with E-state index in [1.807, 2.05) is 12.1 Å². The predicted octanol–water partition coefficient (Wildman–Crippen LogP) is 0.281. The Bertz CT molecular complexity index is 420. The molecule has 6 heteroatoms. The highest BCUT2D eigenvalue weighted by Crippen LogP contribution is 2.06. The highest BCUT2D eigenvalue weighted by molar-refractivity contribution is 7.90. The Morgan fingerprint density at radius 1 is 1.53 bits per heavy atom. The largest absolute Gasteiger partial charge is 0.271 e. The molecule has 1 unspecified atom stereocenters. The molecule has 0 saturated heterocycles. The molecule has 17 heavy (non-hydrogen) atoms. The highest BCUT2D eigenvalue weighted by Gasteiger charge is 2.09. The summed E-state index contributed by atoms with van der Waals surface area (Å²) in [5, 5.41) is 0. The summed E-state index contributed by atoms with van der Waals surface area (Å²) in [6.07, 6.45) is 6.87. The number of hydrogen-bond acceptors (Lipinski definition) is 5. The number of rotatable bonds is 7. The molecule has 0 aromatic carbocycles. The summed E-state index contributed by atoms with van der Waals surface area (Å²) in [7, 11) is -2.88. The Morgan fingerprint density at radius 2 is 2.29 bits per heavy atom. The van der Waals surface area contributed by atoms with Crippen molar-refractivity contribution in [3.8, 4) is 0 Å². The zero-order valence-corrected chi connectivity index (χ0v) is 10.8. The maximum absolute atomic E-state index is 11.0. The Kier molecular flexibility index (Phi) is 5.54. The molecule has 0 radical (unpaired) electrons. The van der Waals surface area contributed by atoms with Gasteiger partial charge in [-0.2, -0.15) is 0 Å². The van der Waals surface area contributed by atoms with Gasteiger partial charge in [-0.25, -0.2) is 8.42 Å². The van der Waals surface area contributed by atoms with Crippen molar-refractivity contribution in [2.45, 2.75) is 25.3 Å². The second kappa shape index (κ2) is 6.68. The first-order chi connectivity index (χ1) is 8.01. The molecule has 1 atom stereocenters. The topological polar surface area (TPSA) is 85.1 Å². The molecule has 1 aromatic heterocycles. The van der Waals surface area contributed by atoms with Crippen LogP contribution in [0.5, 0.6) is 0 Å². The lowest BCUT2D eigenvalue weighted by Gasteiger charge is -2.15. The van der Waals surface area contributed by atoms with Crippen molar-refractivity contribution >= 4 is 9.84 Å². The van der Waals surface area contributed by atoms with Gasteiger partial charge in [0.2, 0.25) is 0 Å². The summed E-state index contributed by atoms with van der Waals surface area (Å²) in [6, 6.07) is 3.94.